The number of carbonyl (C=O) groups is 2. The molecule has 0 aromatic rings. The highest BCUT2D eigenvalue weighted by Gasteiger charge is 2.31. The Balaban J connectivity index is 1.82. The Morgan fingerprint density at radius 2 is 2.06 bits per heavy atom. The van der Waals surface area contributed by atoms with Gasteiger partial charge in [0.05, 0.1) is 12.1 Å². The molecule has 6 nitrogen and oxygen atoms in total. The van der Waals surface area contributed by atoms with Crippen LogP contribution in [0.3, 0.4) is 0 Å². The van der Waals surface area contributed by atoms with Crippen LogP contribution in [0.25, 0.3) is 0 Å². The molecule has 0 saturated carbocycles. The van der Waals surface area contributed by atoms with Crippen LogP contribution < -0.4 is 5.32 Å². The van der Waals surface area contributed by atoms with Gasteiger partial charge in [0.1, 0.15) is 0 Å². The molecule has 2 aliphatic rings. The molecule has 0 radical (unpaired) electrons. The zero-order chi connectivity index (χ0) is 12.5. The third kappa shape index (κ3) is 2.95. The standard InChI is InChI=1S/C11H19N3O3/c1-11(17)2-5-13(6-3-11)8-9(15)14-7-4-12-10(14)16/h17H,2-8H2,1H3,(H,12,16). The molecule has 0 atom stereocenters. The Kier molecular flexibility index (Phi) is 3.35. The first-order valence-electron chi connectivity index (χ1n) is 6.01. The lowest BCUT2D eigenvalue weighted by Crippen LogP contribution is -2.47. The molecule has 96 valence electrons. The SMILES string of the molecule is CC1(O)CCN(CC(=O)N2CCNC2=O)CC1. The van der Waals surface area contributed by atoms with Gasteiger partial charge in [-0.15, -0.1) is 0 Å². The first-order chi connectivity index (χ1) is 7.98. The van der Waals surface area contributed by atoms with Crippen LogP contribution in [-0.2, 0) is 4.79 Å². The number of nitrogens with one attached hydrogen (secondary N) is 1. The number of piperidine rings is 1. The monoisotopic (exact) mass is 241 g/mol. The quantitative estimate of drug-likeness (QED) is 0.676. The molecule has 2 aliphatic heterocycles. The highest BCUT2D eigenvalue weighted by Crippen LogP contribution is 2.20. The van der Waals surface area contributed by atoms with Gasteiger partial charge in [-0.3, -0.25) is 14.6 Å². The fourth-order valence-electron chi connectivity index (χ4n) is 2.18. The van der Waals surface area contributed by atoms with Crippen molar-refractivity contribution in [3.63, 3.8) is 0 Å². The Bertz CT molecular complexity index is 320. The molecule has 0 unspecified atom stereocenters. The van der Waals surface area contributed by atoms with Gasteiger partial charge in [-0.1, -0.05) is 0 Å². The van der Waals surface area contributed by atoms with Crippen LogP contribution in [0.15, 0.2) is 0 Å². The lowest BCUT2D eigenvalue weighted by molar-refractivity contribution is -0.129. The number of likely N-dealkylation sites (tertiary alicyclic amines) is 1. The van der Waals surface area contributed by atoms with Crippen LogP contribution in [0.4, 0.5) is 4.79 Å². The summed E-state index contributed by atoms with van der Waals surface area (Å²) in [5.74, 6) is -0.151. The van der Waals surface area contributed by atoms with Crippen molar-refractivity contribution in [2.45, 2.75) is 25.4 Å². The molecule has 2 rings (SSSR count). The van der Waals surface area contributed by atoms with Gasteiger partial charge in [-0.25, -0.2) is 4.79 Å². The topological polar surface area (TPSA) is 72.9 Å². The van der Waals surface area contributed by atoms with Crippen LogP contribution in [0, 0.1) is 0 Å². The van der Waals surface area contributed by atoms with Gasteiger partial charge in [0, 0.05) is 26.2 Å². The van der Waals surface area contributed by atoms with E-state index < -0.39 is 5.60 Å². The van der Waals surface area contributed by atoms with E-state index in [1.165, 1.54) is 4.90 Å². The van der Waals surface area contributed by atoms with E-state index in [9.17, 15) is 14.7 Å². The number of aliphatic hydroxyl groups is 1. The lowest BCUT2D eigenvalue weighted by Gasteiger charge is -2.35. The van der Waals surface area contributed by atoms with Crippen molar-refractivity contribution in [1.82, 2.24) is 15.1 Å². The molecular formula is C11H19N3O3. The van der Waals surface area contributed by atoms with Crippen molar-refractivity contribution < 1.29 is 14.7 Å². The highest BCUT2D eigenvalue weighted by atomic mass is 16.3. The minimum absolute atomic E-state index is 0.151. The van der Waals surface area contributed by atoms with Gasteiger partial charge in [-0.05, 0) is 19.8 Å². The predicted molar refractivity (Wildman–Crippen MR) is 61.4 cm³/mol. The van der Waals surface area contributed by atoms with Crippen molar-refractivity contribution in [2.24, 2.45) is 0 Å². The van der Waals surface area contributed by atoms with Crippen LogP contribution in [0.2, 0.25) is 0 Å². The van der Waals surface area contributed by atoms with Gasteiger partial charge < -0.3 is 10.4 Å². The molecule has 17 heavy (non-hydrogen) atoms. The Morgan fingerprint density at radius 3 is 2.59 bits per heavy atom. The molecule has 0 spiro atoms. The van der Waals surface area contributed by atoms with Crippen molar-refractivity contribution in [3.05, 3.63) is 0 Å². The van der Waals surface area contributed by atoms with E-state index in [-0.39, 0.29) is 18.5 Å². The van der Waals surface area contributed by atoms with Crippen LogP contribution in [-0.4, -0.2) is 65.2 Å². The van der Waals surface area contributed by atoms with Crippen molar-refractivity contribution in [1.29, 1.82) is 0 Å². The van der Waals surface area contributed by atoms with Crippen molar-refractivity contribution in [2.75, 3.05) is 32.7 Å². The second kappa shape index (κ2) is 4.62. The third-order valence-electron chi connectivity index (χ3n) is 3.45. The maximum absolute atomic E-state index is 11.8. The largest absolute Gasteiger partial charge is 0.390 e. The van der Waals surface area contributed by atoms with E-state index >= 15 is 0 Å². The molecule has 2 saturated heterocycles. The van der Waals surface area contributed by atoms with Gasteiger partial charge >= 0.3 is 6.03 Å². The Hall–Kier alpha value is -1.14. The minimum Gasteiger partial charge on any atom is -0.390 e. The third-order valence-corrected chi connectivity index (χ3v) is 3.45. The van der Waals surface area contributed by atoms with Crippen LogP contribution in [0.1, 0.15) is 19.8 Å². The number of carbonyl (C=O) groups excluding carboxylic acids is 2. The lowest BCUT2D eigenvalue weighted by atomic mass is 9.94. The summed E-state index contributed by atoms with van der Waals surface area (Å²) >= 11 is 0. The molecule has 0 bridgehead atoms. The summed E-state index contributed by atoms with van der Waals surface area (Å²) in [7, 11) is 0. The second-order valence-corrected chi connectivity index (χ2v) is 5.05. The zero-order valence-electron chi connectivity index (χ0n) is 10.1. The van der Waals surface area contributed by atoms with E-state index in [4.69, 9.17) is 0 Å². The molecule has 2 fully saturated rings. The number of amides is 3. The van der Waals surface area contributed by atoms with Gasteiger partial charge in [0.15, 0.2) is 0 Å². The fraction of sp³-hybridized carbons (Fsp3) is 0.818. The molecule has 0 aromatic heterocycles. The van der Waals surface area contributed by atoms with Gasteiger partial charge in [-0.2, -0.15) is 0 Å². The fourth-order valence-corrected chi connectivity index (χ4v) is 2.18. The van der Waals surface area contributed by atoms with Crippen LogP contribution >= 0.6 is 0 Å². The average Bonchev–Trinajstić information content (AvgIpc) is 2.68. The van der Waals surface area contributed by atoms with Crippen molar-refractivity contribution >= 4 is 11.9 Å². The van der Waals surface area contributed by atoms with Gasteiger partial charge in [0.25, 0.3) is 0 Å². The van der Waals surface area contributed by atoms with E-state index in [1.54, 1.807) is 0 Å². The predicted octanol–water partition coefficient (Wildman–Crippen LogP) is -0.615. The Morgan fingerprint density at radius 1 is 1.41 bits per heavy atom. The molecule has 2 N–H and O–H groups in total. The molecule has 0 aliphatic carbocycles. The number of hydrogen-bond acceptors (Lipinski definition) is 4. The maximum atomic E-state index is 11.8. The van der Waals surface area contributed by atoms with Gasteiger partial charge in [0.2, 0.25) is 5.91 Å². The normalized spacial score (nSPS) is 24.8. The minimum atomic E-state index is -0.607. The number of urea groups is 1. The van der Waals surface area contributed by atoms with E-state index in [0.717, 1.165) is 0 Å². The number of nitrogens with zero attached hydrogens (tertiary/aromatic N) is 2. The molecule has 0 aromatic carbocycles. The number of rotatable bonds is 2. The summed E-state index contributed by atoms with van der Waals surface area (Å²) in [6, 6.07) is -0.293. The summed E-state index contributed by atoms with van der Waals surface area (Å²) in [6.45, 7) is 4.49. The van der Waals surface area contributed by atoms with E-state index in [2.05, 4.69) is 5.32 Å². The molecule has 6 heteroatoms. The average molecular weight is 241 g/mol. The van der Waals surface area contributed by atoms with Crippen LogP contribution in [0.5, 0.6) is 0 Å². The Labute approximate surface area is 101 Å². The summed E-state index contributed by atoms with van der Waals surface area (Å²) < 4.78 is 0. The zero-order valence-corrected chi connectivity index (χ0v) is 10.1. The molecule has 3 amide bonds. The summed E-state index contributed by atoms with van der Waals surface area (Å²) in [5, 5.41) is 12.4. The summed E-state index contributed by atoms with van der Waals surface area (Å²) in [5.41, 5.74) is -0.607. The van der Waals surface area contributed by atoms with E-state index in [1.807, 2.05) is 11.8 Å². The summed E-state index contributed by atoms with van der Waals surface area (Å²) in [6.07, 6.45) is 1.35. The highest BCUT2D eigenvalue weighted by molar-refractivity contribution is 5.96. The van der Waals surface area contributed by atoms with E-state index in [0.29, 0.717) is 39.0 Å². The molecular weight excluding hydrogens is 222 g/mol. The van der Waals surface area contributed by atoms with Crippen molar-refractivity contribution in [3.8, 4) is 0 Å². The first kappa shape index (κ1) is 12.3. The maximum Gasteiger partial charge on any atom is 0.324 e. The summed E-state index contributed by atoms with van der Waals surface area (Å²) in [4.78, 5) is 26.4. The number of hydrogen-bond donors (Lipinski definition) is 2. The second-order valence-electron chi connectivity index (χ2n) is 5.05. The number of imide groups is 1. The molecule has 2 heterocycles. The smallest absolute Gasteiger partial charge is 0.324 e. The first-order valence-corrected chi connectivity index (χ1v) is 6.01.